The molecule has 90 valence electrons. The molecule has 0 heterocycles. The van der Waals surface area contributed by atoms with Gasteiger partial charge in [-0.1, -0.05) is 48.5 Å². The second-order valence-electron chi connectivity index (χ2n) is 4.82. The molecule has 0 atom stereocenters. The fourth-order valence-corrected chi connectivity index (χ4v) is 3.56. The highest BCUT2D eigenvalue weighted by Gasteiger charge is 2.05. The van der Waals surface area contributed by atoms with Crippen LogP contribution in [0.15, 0.2) is 66.7 Å². The summed E-state index contributed by atoms with van der Waals surface area (Å²) in [4.78, 5) is 0. The van der Waals surface area contributed by atoms with Gasteiger partial charge in [0, 0.05) is 3.57 Å². The van der Waals surface area contributed by atoms with Gasteiger partial charge in [0.15, 0.2) is 0 Å². The van der Waals surface area contributed by atoms with Gasteiger partial charge in [0.1, 0.15) is 0 Å². The van der Waals surface area contributed by atoms with Crippen LogP contribution in [-0.4, -0.2) is 0 Å². The minimum atomic E-state index is 1.31. The molecule has 0 N–H and O–H groups in total. The largest absolute Gasteiger partial charge is 0.0616 e. The van der Waals surface area contributed by atoms with Gasteiger partial charge in [0.2, 0.25) is 0 Å². The summed E-state index contributed by atoms with van der Waals surface area (Å²) >= 11 is 2.43. The Morgan fingerprint density at radius 2 is 1.16 bits per heavy atom. The molecular weight excluding hydrogens is 343 g/mol. The van der Waals surface area contributed by atoms with Crippen molar-refractivity contribution in [3.05, 3.63) is 70.3 Å². The second kappa shape index (κ2) is 4.20. The molecule has 1 heteroatoms. The summed E-state index contributed by atoms with van der Waals surface area (Å²) < 4.78 is 1.32. The van der Waals surface area contributed by atoms with Crippen molar-refractivity contribution >= 4 is 54.9 Å². The molecule has 4 aromatic rings. The SMILES string of the molecule is Ic1cc2cc3ccccc3cc2c2ccccc12. The van der Waals surface area contributed by atoms with Crippen LogP contribution in [0.25, 0.3) is 32.3 Å². The number of halogens is 1. The molecule has 0 amide bonds. The quantitative estimate of drug-likeness (QED) is 0.214. The zero-order valence-electron chi connectivity index (χ0n) is 10.2. The first-order valence-electron chi connectivity index (χ1n) is 6.33. The maximum Gasteiger partial charge on any atom is 0.0215 e. The summed E-state index contributed by atoms with van der Waals surface area (Å²) in [5.74, 6) is 0. The van der Waals surface area contributed by atoms with E-state index in [2.05, 4.69) is 89.3 Å². The molecule has 0 aromatic heterocycles. The van der Waals surface area contributed by atoms with E-state index in [9.17, 15) is 0 Å². The van der Waals surface area contributed by atoms with Crippen LogP contribution >= 0.6 is 22.6 Å². The maximum absolute atomic E-state index is 2.43. The summed E-state index contributed by atoms with van der Waals surface area (Å²) in [6.07, 6.45) is 0. The van der Waals surface area contributed by atoms with Gasteiger partial charge < -0.3 is 0 Å². The van der Waals surface area contributed by atoms with E-state index in [1.807, 2.05) is 0 Å². The molecular formula is C18H11I. The predicted octanol–water partition coefficient (Wildman–Crippen LogP) is 5.75. The van der Waals surface area contributed by atoms with Crippen LogP contribution in [0.1, 0.15) is 0 Å². The monoisotopic (exact) mass is 354 g/mol. The molecule has 0 saturated carbocycles. The van der Waals surface area contributed by atoms with Crippen molar-refractivity contribution in [3.8, 4) is 0 Å². The Morgan fingerprint density at radius 3 is 1.95 bits per heavy atom. The van der Waals surface area contributed by atoms with E-state index in [4.69, 9.17) is 0 Å². The average molecular weight is 354 g/mol. The third-order valence-electron chi connectivity index (χ3n) is 3.67. The summed E-state index contributed by atoms with van der Waals surface area (Å²) in [6.45, 7) is 0. The predicted molar refractivity (Wildman–Crippen MR) is 91.7 cm³/mol. The third kappa shape index (κ3) is 1.72. The van der Waals surface area contributed by atoms with Gasteiger partial charge in [0.05, 0.1) is 0 Å². The Balaban J connectivity index is 2.29. The minimum Gasteiger partial charge on any atom is -0.0616 e. The lowest BCUT2D eigenvalue weighted by Gasteiger charge is -2.08. The van der Waals surface area contributed by atoms with Crippen molar-refractivity contribution in [1.29, 1.82) is 0 Å². The summed E-state index contributed by atoms with van der Waals surface area (Å²) in [5.41, 5.74) is 0. The van der Waals surface area contributed by atoms with Gasteiger partial charge in [-0.05, 0) is 73.1 Å². The third-order valence-corrected chi connectivity index (χ3v) is 4.57. The topological polar surface area (TPSA) is 0 Å². The van der Waals surface area contributed by atoms with Gasteiger partial charge in [-0.25, -0.2) is 0 Å². The molecule has 4 rings (SSSR count). The lowest BCUT2D eigenvalue weighted by molar-refractivity contribution is 1.74. The first kappa shape index (κ1) is 11.2. The van der Waals surface area contributed by atoms with E-state index < -0.39 is 0 Å². The van der Waals surface area contributed by atoms with Crippen LogP contribution in [-0.2, 0) is 0 Å². The first-order valence-corrected chi connectivity index (χ1v) is 7.40. The standard InChI is InChI=1S/C18H11I/c19-18-11-14-9-12-5-1-2-6-13(12)10-17(14)15-7-3-4-8-16(15)18/h1-11H. The van der Waals surface area contributed by atoms with Crippen LogP contribution in [0.5, 0.6) is 0 Å². The molecule has 0 bridgehead atoms. The molecule has 0 aliphatic heterocycles. The molecule has 0 radical (unpaired) electrons. The van der Waals surface area contributed by atoms with E-state index in [1.165, 1.54) is 35.9 Å². The van der Waals surface area contributed by atoms with E-state index in [0.29, 0.717) is 0 Å². The molecule has 0 unspecified atom stereocenters. The number of hydrogen-bond acceptors (Lipinski definition) is 0. The zero-order valence-corrected chi connectivity index (χ0v) is 12.4. The lowest BCUT2D eigenvalue weighted by Crippen LogP contribution is -1.83. The number of rotatable bonds is 0. The smallest absolute Gasteiger partial charge is 0.0215 e. The van der Waals surface area contributed by atoms with Gasteiger partial charge >= 0.3 is 0 Å². The van der Waals surface area contributed by atoms with Gasteiger partial charge in [-0.3, -0.25) is 0 Å². The Morgan fingerprint density at radius 1 is 0.526 bits per heavy atom. The highest BCUT2D eigenvalue weighted by Crippen LogP contribution is 2.32. The van der Waals surface area contributed by atoms with Crippen LogP contribution in [0.2, 0.25) is 0 Å². The van der Waals surface area contributed by atoms with Crippen LogP contribution in [0.3, 0.4) is 0 Å². The van der Waals surface area contributed by atoms with Gasteiger partial charge in [0.25, 0.3) is 0 Å². The van der Waals surface area contributed by atoms with Crippen molar-refractivity contribution in [2.24, 2.45) is 0 Å². The van der Waals surface area contributed by atoms with Gasteiger partial charge in [-0.2, -0.15) is 0 Å². The molecule has 0 nitrogen and oxygen atoms in total. The number of hydrogen-bond donors (Lipinski definition) is 0. The first-order chi connectivity index (χ1) is 9.33. The molecule has 0 aliphatic carbocycles. The van der Waals surface area contributed by atoms with Crippen LogP contribution in [0, 0.1) is 3.57 Å². The summed E-state index contributed by atoms with van der Waals surface area (Å²) in [6, 6.07) is 24.1. The van der Waals surface area contributed by atoms with Crippen molar-refractivity contribution in [3.63, 3.8) is 0 Å². The van der Waals surface area contributed by atoms with Crippen molar-refractivity contribution < 1.29 is 0 Å². The fourth-order valence-electron chi connectivity index (χ4n) is 2.75. The molecule has 0 aliphatic rings. The van der Waals surface area contributed by atoms with E-state index in [1.54, 1.807) is 0 Å². The van der Waals surface area contributed by atoms with E-state index in [-0.39, 0.29) is 0 Å². The fraction of sp³-hybridized carbons (Fsp3) is 0. The zero-order chi connectivity index (χ0) is 12.8. The van der Waals surface area contributed by atoms with Crippen molar-refractivity contribution in [1.82, 2.24) is 0 Å². The van der Waals surface area contributed by atoms with Crippen LogP contribution < -0.4 is 0 Å². The Hall–Kier alpha value is -1.61. The minimum absolute atomic E-state index is 1.31. The number of fused-ring (bicyclic) bond motifs is 4. The second-order valence-corrected chi connectivity index (χ2v) is 5.99. The maximum atomic E-state index is 2.43. The van der Waals surface area contributed by atoms with Gasteiger partial charge in [-0.15, -0.1) is 0 Å². The highest BCUT2D eigenvalue weighted by molar-refractivity contribution is 14.1. The molecule has 0 spiro atoms. The highest BCUT2D eigenvalue weighted by atomic mass is 127. The molecule has 0 fully saturated rings. The van der Waals surface area contributed by atoms with Crippen molar-refractivity contribution in [2.45, 2.75) is 0 Å². The van der Waals surface area contributed by atoms with Crippen LogP contribution in [0.4, 0.5) is 0 Å². The van der Waals surface area contributed by atoms with E-state index in [0.717, 1.165) is 0 Å². The van der Waals surface area contributed by atoms with E-state index >= 15 is 0 Å². The normalized spacial score (nSPS) is 11.4. The average Bonchev–Trinajstić information content (AvgIpc) is 2.46. The number of benzene rings is 4. The lowest BCUT2D eigenvalue weighted by atomic mass is 9.98. The Labute approximate surface area is 125 Å². The molecule has 19 heavy (non-hydrogen) atoms. The molecule has 4 aromatic carbocycles. The molecule has 0 saturated heterocycles. The Bertz CT molecular complexity index is 922. The van der Waals surface area contributed by atoms with Crippen molar-refractivity contribution in [2.75, 3.05) is 0 Å². The summed E-state index contributed by atoms with van der Waals surface area (Å²) in [5, 5.41) is 7.96. The summed E-state index contributed by atoms with van der Waals surface area (Å²) in [7, 11) is 0. The Kier molecular flexibility index (Phi) is 2.49.